The lowest BCUT2D eigenvalue weighted by Gasteiger charge is -2.06. The molecule has 2 aromatic heterocycles. The number of anilines is 2. The van der Waals surface area contributed by atoms with Crippen LogP contribution < -0.4 is 16.6 Å². The van der Waals surface area contributed by atoms with E-state index in [0.29, 0.717) is 12.4 Å². The van der Waals surface area contributed by atoms with Gasteiger partial charge in [-0.25, -0.2) is 10.8 Å². The molecule has 94 valence electrons. The zero-order valence-electron chi connectivity index (χ0n) is 9.29. The summed E-state index contributed by atoms with van der Waals surface area (Å²) in [6, 6.07) is 4.52. The van der Waals surface area contributed by atoms with Gasteiger partial charge in [0.1, 0.15) is 5.82 Å². The summed E-state index contributed by atoms with van der Waals surface area (Å²) < 4.78 is 4.90. The Morgan fingerprint density at radius 2 is 2.28 bits per heavy atom. The normalized spacial score (nSPS) is 10.1. The van der Waals surface area contributed by atoms with Crippen molar-refractivity contribution in [3.63, 3.8) is 0 Å². The highest BCUT2D eigenvalue weighted by Crippen LogP contribution is 2.24. The summed E-state index contributed by atoms with van der Waals surface area (Å²) in [5.74, 6) is 5.70. The predicted molar refractivity (Wildman–Crippen MR) is 64.7 cm³/mol. The summed E-state index contributed by atoms with van der Waals surface area (Å²) in [7, 11) is 0. The molecule has 2 aromatic rings. The number of pyridine rings is 1. The van der Waals surface area contributed by atoms with Crippen LogP contribution in [0.25, 0.3) is 0 Å². The Morgan fingerprint density at radius 3 is 2.89 bits per heavy atom. The Balaban J connectivity index is 2.20. The highest BCUT2D eigenvalue weighted by atomic mass is 16.6. The van der Waals surface area contributed by atoms with Crippen LogP contribution in [0, 0.1) is 10.1 Å². The molecule has 0 radical (unpaired) electrons. The fourth-order valence-electron chi connectivity index (χ4n) is 1.39. The molecule has 0 fully saturated rings. The summed E-state index contributed by atoms with van der Waals surface area (Å²) in [5, 5.41) is 13.7. The number of aromatic nitrogens is 1. The van der Waals surface area contributed by atoms with E-state index >= 15 is 0 Å². The van der Waals surface area contributed by atoms with Gasteiger partial charge in [0.15, 0.2) is 0 Å². The van der Waals surface area contributed by atoms with Gasteiger partial charge in [-0.2, -0.15) is 0 Å². The second kappa shape index (κ2) is 5.15. The summed E-state index contributed by atoms with van der Waals surface area (Å²) >= 11 is 0. The van der Waals surface area contributed by atoms with Gasteiger partial charge in [0.05, 0.1) is 17.4 Å². The van der Waals surface area contributed by atoms with E-state index in [1.807, 2.05) is 0 Å². The van der Waals surface area contributed by atoms with Crippen LogP contribution in [0.3, 0.4) is 0 Å². The number of hydrogen-bond acceptors (Lipinski definition) is 7. The van der Waals surface area contributed by atoms with Gasteiger partial charge in [-0.15, -0.1) is 0 Å². The van der Waals surface area contributed by atoms with Crippen LogP contribution in [0.4, 0.5) is 17.3 Å². The maximum atomic E-state index is 10.8. The van der Waals surface area contributed by atoms with Gasteiger partial charge >= 0.3 is 5.69 Å². The molecule has 0 saturated heterocycles. The number of furan rings is 1. The molecule has 0 saturated carbocycles. The maximum absolute atomic E-state index is 10.8. The topological polar surface area (TPSA) is 119 Å². The average Bonchev–Trinajstić information content (AvgIpc) is 2.88. The summed E-state index contributed by atoms with van der Waals surface area (Å²) in [4.78, 5) is 14.3. The van der Waals surface area contributed by atoms with E-state index in [1.165, 1.54) is 18.4 Å². The molecule has 0 aliphatic heterocycles. The van der Waals surface area contributed by atoms with Crippen molar-refractivity contribution >= 4 is 17.3 Å². The quantitative estimate of drug-likeness (QED) is 0.417. The lowest BCUT2D eigenvalue weighted by molar-refractivity contribution is -0.384. The Kier molecular flexibility index (Phi) is 3.39. The molecule has 0 bridgehead atoms. The summed E-state index contributed by atoms with van der Waals surface area (Å²) in [6.45, 7) is 0.373. The van der Waals surface area contributed by atoms with Crippen molar-refractivity contribution in [3.8, 4) is 0 Å². The van der Waals surface area contributed by atoms with Crippen molar-refractivity contribution in [2.45, 2.75) is 6.54 Å². The third-order valence-electron chi connectivity index (χ3n) is 2.26. The number of hydrazine groups is 1. The van der Waals surface area contributed by atoms with Gasteiger partial charge in [-0.1, -0.05) is 0 Å². The maximum Gasteiger partial charge on any atom is 0.311 e. The van der Waals surface area contributed by atoms with E-state index < -0.39 is 4.92 Å². The predicted octanol–water partition coefficient (Wildman–Crippen LogP) is 1.48. The number of rotatable bonds is 5. The van der Waals surface area contributed by atoms with Crippen LogP contribution in [0.15, 0.2) is 35.1 Å². The van der Waals surface area contributed by atoms with Crippen molar-refractivity contribution in [1.82, 2.24) is 4.98 Å². The molecule has 4 N–H and O–H groups in total. The van der Waals surface area contributed by atoms with Crippen LogP contribution in [0.5, 0.6) is 0 Å². The van der Waals surface area contributed by atoms with Gasteiger partial charge < -0.3 is 15.2 Å². The molecular weight excluding hydrogens is 238 g/mol. The van der Waals surface area contributed by atoms with Gasteiger partial charge in [0.2, 0.25) is 5.82 Å². The van der Waals surface area contributed by atoms with Gasteiger partial charge in [0.25, 0.3) is 0 Å². The van der Waals surface area contributed by atoms with Crippen LogP contribution in [-0.4, -0.2) is 9.91 Å². The van der Waals surface area contributed by atoms with E-state index in [4.69, 9.17) is 10.3 Å². The lowest BCUT2D eigenvalue weighted by Crippen LogP contribution is -2.11. The van der Waals surface area contributed by atoms with Crippen LogP contribution in [-0.2, 0) is 6.54 Å². The molecule has 8 nitrogen and oxygen atoms in total. The van der Waals surface area contributed by atoms with Gasteiger partial charge in [0, 0.05) is 18.2 Å². The molecule has 0 aliphatic rings. The number of nitrogens with two attached hydrogens (primary N) is 1. The SMILES string of the molecule is NNc1ccc([N+](=O)[O-])c(NCc2ccoc2)n1. The largest absolute Gasteiger partial charge is 0.472 e. The Bertz CT molecular complexity index is 540. The first kappa shape index (κ1) is 11.9. The van der Waals surface area contributed by atoms with E-state index in [0.717, 1.165) is 5.56 Å². The third-order valence-corrected chi connectivity index (χ3v) is 2.26. The molecule has 2 heterocycles. The molecule has 0 aromatic carbocycles. The minimum atomic E-state index is -0.509. The first-order valence-corrected chi connectivity index (χ1v) is 5.07. The van der Waals surface area contributed by atoms with Crippen LogP contribution >= 0.6 is 0 Å². The number of nitrogen functional groups attached to an aromatic ring is 1. The van der Waals surface area contributed by atoms with Crippen molar-refractivity contribution in [2.24, 2.45) is 5.84 Å². The Labute approximate surface area is 102 Å². The number of hydrogen-bond donors (Lipinski definition) is 3. The first-order chi connectivity index (χ1) is 8.70. The number of nitro groups is 1. The van der Waals surface area contributed by atoms with E-state index in [1.54, 1.807) is 12.3 Å². The van der Waals surface area contributed by atoms with E-state index in [-0.39, 0.29) is 11.5 Å². The number of nitrogens with zero attached hydrogens (tertiary/aromatic N) is 2. The molecule has 2 rings (SSSR count). The van der Waals surface area contributed by atoms with E-state index in [9.17, 15) is 10.1 Å². The van der Waals surface area contributed by atoms with Crippen molar-refractivity contribution in [3.05, 3.63) is 46.4 Å². The molecule has 0 spiro atoms. The Hall–Kier alpha value is -2.61. The lowest BCUT2D eigenvalue weighted by atomic mass is 10.3. The van der Waals surface area contributed by atoms with E-state index in [2.05, 4.69) is 15.7 Å². The zero-order chi connectivity index (χ0) is 13.0. The second-order valence-electron chi connectivity index (χ2n) is 3.45. The Morgan fingerprint density at radius 1 is 1.44 bits per heavy atom. The summed E-state index contributed by atoms with van der Waals surface area (Å²) in [5.41, 5.74) is 3.08. The molecule has 0 unspecified atom stereocenters. The number of nitrogens with one attached hydrogen (secondary N) is 2. The van der Waals surface area contributed by atoms with Crippen molar-refractivity contribution < 1.29 is 9.34 Å². The van der Waals surface area contributed by atoms with Gasteiger partial charge in [-0.05, 0) is 12.1 Å². The monoisotopic (exact) mass is 249 g/mol. The minimum Gasteiger partial charge on any atom is -0.472 e. The molecule has 0 amide bonds. The molecule has 18 heavy (non-hydrogen) atoms. The van der Waals surface area contributed by atoms with Crippen molar-refractivity contribution in [1.29, 1.82) is 0 Å². The van der Waals surface area contributed by atoms with Crippen LogP contribution in [0.2, 0.25) is 0 Å². The summed E-state index contributed by atoms with van der Waals surface area (Å²) in [6.07, 6.45) is 3.07. The fourth-order valence-corrected chi connectivity index (χ4v) is 1.39. The van der Waals surface area contributed by atoms with Gasteiger partial charge in [-0.3, -0.25) is 10.1 Å². The average molecular weight is 249 g/mol. The standard InChI is InChI=1S/C10H11N5O3/c11-14-9-2-1-8(15(16)17)10(13-9)12-5-7-3-4-18-6-7/h1-4,6H,5,11H2,(H2,12,13,14). The molecule has 8 heteroatoms. The highest BCUT2D eigenvalue weighted by molar-refractivity contribution is 5.60. The smallest absolute Gasteiger partial charge is 0.311 e. The van der Waals surface area contributed by atoms with Crippen LogP contribution in [0.1, 0.15) is 5.56 Å². The highest BCUT2D eigenvalue weighted by Gasteiger charge is 2.15. The second-order valence-corrected chi connectivity index (χ2v) is 3.45. The zero-order valence-corrected chi connectivity index (χ0v) is 9.29. The molecular formula is C10H11N5O3. The third kappa shape index (κ3) is 2.55. The van der Waals surface area contributed by atoms with Crippen molar-refractivity contribution in [2.75, 3.05) is 10.7 Å². The first-order valence-electron chi connectivity index (χ1n) is 5.07. The minimum absolute atomic E-state index is 0.113. The fraction of sp³-hybridized carbons (Fsp3) is 0.100. The molecule has 0 atom stereocenters. The molecule has 0 aliphatic carbocycles.